The molecule has 4 rings (SSSR count). The van der Waals surface area contributed by atoms with Crippen LogP contribution in [0.3, 0.4) is 0 Å². The Kier molecular flexibility index (Phi) is 10.7. The second-order valence-corrected chi connectivity index (χ2v) is 18.3. The van der Waals surface area contributed by atoms with E-state index in [0.29, 0.717) is 12.8 Å². The zero-order valence-corrected chi connectivity index (χ0v) is 32.2. The zero-order chi connectivity index (χ0) is 36.2. The Labute approximate surface area is 290 Å². The molecule has 2 spiro atoms. The summed E-state index contributed by atoms with van der Waals surface area (Å²) in [5.41, 5.74) is -3.76. The fourth-order valence-corrected chi connectivity index (χ4v) is 9.86. The van der Waals surface area contributed by atoms with Gasteiger partial charge in [0.1, 0.15) is 0 Å². The van der Waals surface area contributed by atoms with E-state index < -0.39 is 46.2 Å². The molecular formula is C38H68N2O8. The summed E-state index contributed by atoms with van der Waals surface area (Å²) in [7, 11) is 0. The second-order valence-electron chi connectivity index (χ2n) is 18.3. The summed E-state index contributed by atoms with van der Waals surface area (Å²) in [5, 5.41) is 28.8. The third-order valence-corrected chi connectivity index (χ3v) is 13.8. The lowest BCUT2D eigenvalue weighted by atomic mass is 9.62. The van der Waals surface area contributed by atoms with Crippen molar-refractivity contribution in [3.8, 4) is 0 Å². The van der Waals surface area contributed by atoms with Crippen molar-refractivity contribution >= 4 is 11.9 Å². The van der Waals surface area contributed by atoms with Crippen molar-refractivity contribution in [3.05, 3.63) is 0 Å². The summed E-state index contributed by atoms with van der Waals surface area (Å²) in [5.74, 6) is -3.78. The lowest BCUT2D eigenvalue weighted by molar-refractivity contribution is -0.357. The highest BCUT2D eigenvalue weighted by molar-refractivity contribution is 5.81. The topological polar surface area (TPSA) is 136 Å². The Bertz CT molecular complexity index is 1120. The minimum absolute atomic E-state index is 0.0479. The monoisotopic (exact) mass is 680 g/mol. The van der Waals surface area contributed by atoms with Gasteiger partial charge in [-0.25, -0.2) is 0 Å². The Morgan fingerprint density at radius 3 is 1.23 bits per heavy atom. The molecule has 278 valence electrons. The molecule has 0 aromatic rings. The van der Waals surface area contributed by atoms with Crippen molar-refractivity contribution in [2.24, 2.45) is 28.1 Å². The van der Waals surface area contributed by atoms with Gasteiger partial charge in [-0.15, -0.1) is 0 Å². The van der Waals surface area contributed by atoms with Gasteiger partial charge in [-0.05, 0) is 66.2 Å². The summed E-state index contributed by atoms with van der Waals surface area (Å²) >= 11 is 0. The van der Waals surface area contributed by atoms with Crippen molar-refractivity contribution in [1.82, 2.24) is 10.6 Å². The maximum absolute atomic E-state index is 13.3. The van der Waals surface area contributed by atoms with E-state index in [-0.39, 0.29) is 73.3 Å². The highest BCUT2D eigenvalue weighted by atomic mass is 16.7. The van der Waals surface area contributed by atoms with Crippen LogP contribution in [0.5, 0.6) is 0 Å². The van der Waals surface area contributed by atoms with Crippen LogP contribution >= 0.6 is 0 Å². The molecule has 0 amide bonds. The Hall–Kier alpha value is -1.30. The average molecular weight is 681 g/mol. The van der Waals surface area contributed by atoms with Crippen LogP contribution in [0.25, 0.3) is 0 Å². The molecule has 4 fully saturated rings. The number of carboxylic acid groups (broad SMARTS) is 2. The number of hydrogen-bond donors (Lipinski definition) is 4. The first-order chi connectivity index (χ1) is 22.0. The molecule has 4 N–H and O–H groups in total. The van der Waals surface area contributed by atoms with Crippen LogP contribution in [0.4, 0.5) is 0 Å². The van der Waals surface area contributed by atoms with E-state index in [2.05, 4.69) is 79.9 Å². The molecule has 10 nitrogen and oxygen atoms in total. The van der Waals surface area contributed by atoms with E-state index in [1.807, 2.05) is 13.8 Å². The average Bonchev–Trinajstić information content (AvgIpc) is 3.01. The fourth-order valence-electron chi connectivity index (χ4n) is 9.86. The number of aliphatic carboxylic acids is 2. The highest BCUT2D eigenvalue weighted by Gasteiger charge is 2.62. The molecule has 4 aliphatic heterocycles. The van der Waals surface area contributed by atoms with Crippen LogP contribution in [0.15, 0.2) is 0 Å². The van der Waals surface area contributed by atoms with E-state index in [4.69, 9.17) is 18.9 Å². The first kappa shape index (κ1) is 39.5. The standard InChI is InChI=1S/C38H68N2O8/c1-13-32(9)20-37(26(5)34(11,15-3)39-32)45-22-30(7,23-46-37)18-36(29(43)44,17-28(41)42)19-31(8)24-47-38(48-25-31)21-33(10,14-2)40-35(12,16-4)27(38)6/h26-27,39-40H,13-25H2,1-12H3,(H,41,42)(H,43,44). The molecule has 4 heterocycles. The summed E-state index contributed by atoms with van der Waals surface area (Å²) in [4.78, 5) is 25.7. The smallest absolute Gasteiger partial charge is 0.310 e. The third-order valence-electron chi connectivity index (χ3n) is 13.8. The molecule has 6 unspecified atom stereocenters. The van der Waals surface area contributed by atoms with Crippen molar-refractivity contribution in [1.29, 1.82) is 0 Å². The number of ether oxygens (including phenoxy) is 4. The van der Waals surface area contributed by atoms with Gasteiger partial charge in [-0.1, -0.05) is 55.4 Å². The lowest BCUT2D eigenvalue weighted by Crippen LogP contribution is -2.73. The fraction of sp³-hybridized carbons (Fsp3) is 0.947. The van der Waals surface area contributed by atoms with Gasteiger partial charge in [0.05, 0.1) is 38.3 Å². The largest absolute Gasteiger partial charge is 0.481 e. The van der Waals surface area contributed by atoms with Crippen molar-refractivity contribution in [2.75, 3.05) is 26.4 Å². The maximum atomic E-state index is 13.3. The SMILES string of the molecule is CCC1(C)CC2(OCC(C)(CC(CC(=O)O)(CC3(C)COC4(CC(C)(CC)NC(C)(CC)C4C)OC3)C(=O)O)CO2)C(C)C(C)(CC)N1. The second kappa shape index (κ2) is 13.0. The molecule has 6 atom stereocenters. The van der Waals surface area contributed by atoms with Crippen LogP contribution in [0.2, 0.25) is 0 Å². The minimum atomic E-state index is -1.57. The summed E-state index contributed by atoms with van der Waals surface area (Å²) in [6.45, 7) is 27.0. The molecule has 0 saturated carbocycles. The van der Waals surface area contributed by atoms with Crippen LogP contribution in [-0.2, 0) is 28.5 Å². The Morgan fingerprint density at radius 1 is 0.646 bits per heavy atom. The molecule has 0 aliphatic carbocycles. The quantitative estimate of drug-likeness (QED) is 0.186. The molecule has 0 bridgehead atoms. The normalized spacial score (nSPS) is 47.9. The van der Waals surface area contributed by atoms with Gasteiger partial charge >= 0.3 is 11.9 Å². The summed E-state index contributed by atoms with van der Waals surface area (Å²) in [6, 6.07) is 0. The number of piperidine rings is 2. The number of carbonyl (C=O) groups is 2. The predicted molar refractivity (Wildman–Crippen MR) is 186 cm³/mol. The van der Waals surface area contributed by atoms with Gasteiger partial charge in [0.2, 0.25) is 0 Å². The summed E-state index contributed by atoms with van der Waals surface area (Å²) < 4.78 is 27.1. The van der Waals surface area contributed by atoms with Crippen LogP contribution in [0.1, 0.15) is 141 Å². The zero-order valence-electron chi connectivity index (χ0n) is 32.2. The number of nitrogens with one attached hydrogen (secondary N) is 2. The van der Waals surface area contributed by atoms with Crippen molar-refractivity contribution < 1.29 is 38.7 Å². The third kappa shape index (κ3) is 7.09. The van der Waals surface area contributed by atoms with Crippen LogP contribution < -0.4 is 10.6 Å². The van der Waals surface area contributed by atoms with Crippen molar-refractivity contribution in [2.45, 2.75) is 175 Å². The first-order valence-electron chi connectivity index (χ1n) is 18.6. The number of hydrogen-bond acceptors (Lipinski definition) is 8. The molecule has 48 heavy (non-hydrogen) atoms. The Balaban J connectivity index is 1.58. The first-order valence-corrected chi connectivity index (χ1v) is 18.6. The minimum Gasteiger partial charge on any atom is -0.481 e. The molecule has 0 radical (unpaired) electrons. The van der Waals surface area contributed by atoms with Gasteiger partial charge in [0, 0.05) is 57.7 Å². The molecule has 4 saturated heterocycles. The van der Waals surface area contributed by atoms with Crippen LogP contribution in [-0.4, -0.2) is 82.3 Å². The van der Waals surface area contributed by atoms with E-state index in [1.165, 1.54) is 0 Å². The molecule has 10 heteroatoms. The number of carboxylic acids is 2. The molecule has 4 aliphatic rings. The van der Waals surface area contributed by atoms with Gasteiger partial charge in [-0.2, -0.15) is 0 Å². The van der Waals surface area contributed by atoms with Crippen molar-refractivity contribution in [3.63, 3.8) is 0 Å². The van der Waals surface area contributed by atoms with E-state index >= 15 is 0 Å². The lowest BCUT2D eigenvalue weighted by Gasteiger charge is -2.61. The van der Waals surface area contributed by atoms with Gasteiger partial charge in [0.25, 0.3) is 0 Å². The summed E-state index contributed by atoms with van der Waals surface area (Å²) in [6.07, 6.45) is 4.70. The van der Waals surface area contributed by atoms with Gasteiger partial charge in [0.15, 0.2) is 11.6 Å². The highest BCUT2D eigenvalue weighted by Crippen LogP contribution is 2.55. The Morgan fingerprint density at radius 2 is 0.979 bits per heavy atom. The van der Waals surface area contributed by atoms with E-state index in [1.54, 1.807) is 0 Å². The molecule has 0 aromatic carbocycles. The molecular weight excluding hydrogens is 612 g/mol. The molecule has 0 aromatic heterocycles. The van der Waals surface area contributed by atoms with E-state index in [9.17, 15) is 19.8 Å². The van der Waals surface area contributed by atoms with Gasteiger partial charge in [-0.3, -0.25) is 9.59 Å². The van der Waals surface area contributed by atoms with E-state index in [0.717, 1.165) is 25.7 Å². The van der Waals surface area contributed by atoms with Crippen LogP contribution in [0, 0.1) is 28.1 Å². The number of rotatable bonds is 11. The maximum Gasteiger partial charge on any atom is 0.310 e. The van der Waals surface area contributed by atoms with Gasteiger partial charge < -0.3 is 39.8 Å². The predicted octanol–water partition coefficient (Wildman–Crippen LogP) is 6.74.